The molecule has 0 unspecified atom stereocenters. The molecule has 0 atom stereocenters. The molecule has 146 valence electrons. The molecule has 3 rings (SSSR count). The lowest BCUT2D eigenvalue weighted by Crippen LogP contribution is -2.38. The number of hydrogen-bond donors (Lipinski definition) is 0. The number of hydrogen-bond acceptors (Lipinski definition) is 5. The van der Waals surface area contributed by atoms with Gasteiger partial charge in [0.1, 0.15) is 5.82 Å². The first-order chi connectivity index (χ1) is 13.1. The average Bonchev–Trinajstić information content (AvgIpc) is 2.68. The van der Waals surface area contributed by atoms with Gasteiger partial charge in [0, 0.05) is 37.6 Å². The molecule has 2 aromatic rings. The summed E-state index contributed by atoms with van der Waals surface area (Å²) < 4.78 is 13.3. The molecule has 0 radical (unpaired) electrons. The molecule has 1 aliphatic heterocycles. The molecule has 0 bridgehead atoms. The highest BCUT2D eigenvalue weighted by Crippen LogP contribution is 2.19. The second-order valence-electron chi connectivity index (χ2n) is 7.44. The number of halogens is 1. The third kappa shape index (κ3) is 6.55. The zero-order valence-corrected chi connectivity index (χ0v) is 17.1. The van der Waals surface area contributed by atoms with Crippen molar-refractivity contribution in [1.29, 1.82) is 0 Å². The fraction of sp³-hybridized carbons (Fsp3) is 0.524. The third-order valence-corrected chi connectivity index (χ3v) is 5.78. The minimum atomic E-state index is -0.136. The summed E-state index contributed by atoms with van der Waals surface area (Å²) >= 11 is 1.57. The minimum Gasteiger partial charge on any atom is -0.303 e. The van der Waals surface area contributed by atoms with Gasteiger partial charge in [-0.3, -0.25) is 0 Å². The number of likely N-dealkylation sites (tertiary alicyclic amines) is 1. The number of piperidine rings is 1. The van der Waals surface area contributed by atoms with E-state index in [0.717, 1.165) is 55.8 Å². The Hall–Kier alpha value is -1.50. The fourth-order valence-corrected chi connectivity index (χ4v) is 4.04. The van der Waals surface area contributed by atoms with Crippen LogP contribution in [0.4, 0.5) is 4.39 Å². The van der Waals surface area contributed by atoms with Crippen LogP contribution in [0.2, 0.25) is 0 Å². The molecular formula is C21H29FN4S. The van der Waals surface area contributed by atoms with Gasteiger partial charge < -0.3 is 9.80 Å². The van der Waals surface area contributed by atoms with E-state index in [4.69, 9.17) is 0 Å². The molecule has 1 aromatic carbocycles. The number of nitrogens with zero attached hydrogens (tertiary/aromatic N) is 4. The van der Waals surface area contributed by atoms with Gasteiger partial charge in [-0.2, -0.15) is 0 Å². The van der Waals surface area contributed by atoms with Crippen molar-refractivity contribution in [1.82, 2.24) is 19.8 Å². The van der Waals surface area contributed by atoms with Crippen molar-refractivity contribution >= 4 is 11.8 Å². The van der Waals surface area contributed by atoms with Gasteiger partial charge in [0.25, 0.3) is 0 Å². The average molecular weight is 389 g/mol. The number of thioether (sulfide) groups is 1. The predicted octanol–water partition coefficient (Wildman–Crippen LogP) is 3.72. The lowest BCUT2D eigenvalue weighted by atomic mass is 9.96. The monoisotopic (exact) mass is 388 g/mol. The number of aromatic nitrogens is 2. The molecular weight excluding hydrogens is 359 g/mol. The Morgan fingerprint density at radius 3 is 2.59 bits per heavy atom. The molecule has 1 fully saturated rings. The van der Waals surface area contributed by atoms with Crippen LogP contribution in [-0.2, 0) is 13.0 Å². The SMILES string of the molecule is CSc1ncc(CN(C)CC2CCN(CCc3cccc(F)c3)CC2)cn1. The smallest absolute Gasteiger partial charge is 0.187 e. The molecule has 0 aliphatic carbocycles. The van der Waals surface area contributed by atoms with Gasteiger partial charge in [-0.15, -0.1) is 0 Å². The Balaban J connectivity index is 1.37. The highest BCUT2D eigenvalue weighted by molar-refractivity contribution is 7.98. The Kier molecular flexibility index (Phi) is 7.61. The first kappa shape index (κ1) is 20.2. The second kappa shape index (κ2) is 10.2. The largest absolute Gasteiger partial charge is 0.303 e. The van der Waals surface area contributed by atoms with Crippen molar-refractivity contribution in [2.45, 2.75) is 31.0 Å². The maximum absolute atomic E-state index is 13.3. The zero-order chi connectivity index (χ0) is 19.1. The summed E-state index contributed by atoms with van der Waals surface area (Å²) in [6.45, 7) is 5.31. The standard InChI is InChI=1S/C21H29FN4S/c1-25(16-19-13-23-21(27-2)24-14-19)15-18-7-10-26(11-8-18)9-6-17-4-3-5-20(22)12-17/h3-5,12-14,18H,6-11,15-16H2,1-2H3. The summed E-state index contributed by atoms with van der Waals surface area (Å²) in [6, 6.07) is 6.97. The lowest BCUT2D eigenvalue weighted by molar-refractivity contribution is 0.153. The number of rotatable bonds is 8. The molecule has 0 saturated carbocycles. The van der Waals surface area contributed by atoms with Gasteiger partial charge in [-0.25, -0.2) is 14.4 Å². The van der Waals surface area contributed by atoms with Crippen LogP contribution in [0.5, 0.6) is 0 Å². The molecule has 0 spiro atoms. The summed E-state index contributed by atoms with van der Waals surface area (Å²) in [5, 5.41) is 0.826. The first-order valence-electron chi connectivity index (χ1n) is 9.62. The van der Waals surface area contributed by atoms with E-state index in [1.165, 1.54) is 24.5 Å². The van der Waals surface area contributed by atoms with Crippen molar-refractivity contribution in [3.05, 3.63) is 53.6 Å². The van der Waals surface area contributed by atoms with Gasteiger partial charge in [0.05, 0.1) is 0 Å². The van der Waals surface area contributed by atoms with Crippen LogP contribution in [0.15, 0.2) is 41.8 Å². The van der Waals surface area contributed by atoms with Crippen LogP contribution in [0.3, 0.4) is 0 Å². The Morgan fingerprint density at radius 2 is 1.93 bits per heavy atom. The van der Waals surface area contributed by atoms with E-state index in [-0.39, 0.29) is 5.82 Å². The Morgan fingerprint density at radius 1 is 1.19 bits per heavy atom. The molecule has 1 aromatic heterocycles. The Labute approximate surface area is 166 Å². The van der Waals surface area contributed by atoms with Gasteiger partial charge in [0.2, 0.25) is 0 Å². The second-order valence-corrected chi connectivity index (χ2v) is 8.21. The van der Waals surface area contributed by atoms with E-state index < -0.39 is 0 Å². The molecule has 2 heterocycles. The van der Waals surface area contributed by atoms with E-state index >= 15 is 0 Å². The van der Waals surface area contributed by atoms with Crippen molar-refractivity contribution in [3.8, 4) is 0 Å². The molecule has 0 amide bonds. The van der Waals surface area contributed by atoms with Crippen molar-refractivity contribution in [2.75, 3.05) is 39.5 Å². The van der Waals surface area contributed by atoms with E-state index in [9.17, 15) is 4.39 Å². The summed E-state index contributed by atoms with van der Waals surface area (Å²) in [5.41, 5.74) is 2.26. The molecule has 1 saturated heterocycles. The number of benzene rings is 1. The summed E-state index contributed by atoms with van der Waals surface area (Å²) in [7, 11) is 2.18. The van der Waals surface area contributed by atoms with Crippen molar-refractivity contribution < 1.29 is 4.39 Å². The van der Waals surface area contributed by atoms with Crippen LogP contribution >= 0.6 is 11.8 Å². The van der Waals surface area contributed by atoms with Crippen molar-refractivity contribution in [2.24, 2.45) is 5.92 Å². The van der Waals surface area contributed by atoms with Crippen molar-refractivity contribution in [3.63, 3.8) is 0 Å². The van der Waals surface area contributed by atoms with E-state index in [1.54, 1.807) is 23.9 Å². The molecule has 27 heavy (non-hydrogen) atoms. The third-order valence-electron chi connectivity index (χ3n) is 5.20. The van der Waals surface area contributed by atoms with Crippen LogP contribution in [0, 0.1) is 11.7 Å². The highest BCUT2D eigenvalue weighted by Gasteiger charge is 2.20. The minimum absolute atomic E-state index is 0.136. The van der Waals surface area contributed by atoms with Crippen LogP contribution < -0.4 is 0 Å². The quantitative estimate of drug-likeness (QED) is 0.508. The summed E-state index contributed by atoms with van der Waals surface area (Å²) in [6.07, 6.45) is 9.25. The van der Waals surface area contributed by atoms with E-state index in [1.807, 2.05) is 24.7 Å². The Bertz CT molecular complexity index is 702. The maximum Gasteiger partial charge on any atom is 0.187 e. The van der Waals surface area contributed by atoms with Crippen LogP contribution in [0.1, 0.15) is 24.0 Å². The van der Waals surface area contributed by atoms with E-state index in [2.05, 4.69) is 26.8 Å². The molecule has 1 aliphatic rings. The van der Waals surface area contributed by atoms with Gasteiger partial charge in [0.15, 0.2) is 5.16 Å². The first-order valence-corrected chi connectivity index (χ1v) is 10.8. The molecule has 4 nitrogen and oxygen atoms in total. The van der Waals surface area contributed by atoms with Crippen LogP contribution in [0.25, 0.3) is 0 Å². The van der Waals surface area contributed by atoms with E-state index in [0.29, 0.717) is 0 Å². The zero-order valence-electron chi connectivity index (χ0n) is 16.3. The van der Waals surface area contributed by atoms with Gasteiger partial charge >= 0.3 is 0 Å². The predicted molar refractivity (Wildman–Crippen MR) is 109 cm³/mol. The summed E-state index contributed by atoms with van der Waals surface area (Å²) in [5.74, 6) is 0.606. The van der Waals surface area contributed by atoms with Gasteiger partial charge in [-0.1, -0.05) is 23.9 Å². The van der Waals surface area contributed by atoms with Gasteiger partial charge in [-0.05, 0) is 69.3 Å². The lowest BCUT2D eigenvalue weighted by Gasteiger charge is -2.34. The molecule has 0 N–H and O–H groups in total. The highest BCUT2D eigenvalue weighted by atomic mass is 32.2. The topological polar surface area (TPSA) is 32.3 Å². The fourth-order valence-electron chi connectivity index (χ4n) is 3.72. The molecule has 6 heteroatoms. The summed E-state index contributed by atoms with van der Waals surface area (Å²) in [4.78, 5) is 13.6. The maximum atomic E-state index is 13.3. The van der Waals surface area contributed by atoms with Crippen LogP contribution in [-0.4, -0.2) is 59.3 Å². The normalized spacial score (nSPS) is 16.1.